The first kappa shape index (κ1) is 19.7. The van der Waals surface area contributed by atoms with E-state index in [1.54, 1.807) is 50.4 Å². The molecule has 0 unspecified atom stereocenters. The molecular weight excluding hydrogens is 358 g/mol. The second-order valence-electron chi connectivity index (χ2n) is 5.27. The number of aromatic nitrogens is 1. The fraction of sp³-hybridized carbons (Fsp3) is 0.294. The van der Waals surface area contributed by atoms with E-state index in [-0.39, 0.29) is 11.7 Å². The van der Waals surface area contributed by atoms with Crippen molar-refractivity contribution in [2.45, 2.75) is 6.92 Å². The van der Waals surface area contributed by atoms with Crippen LogP contribution in [-0.4, -0.2) is 45.3 Å². The topological polar surface area (TPSA) is 107 Å². The lowest BCUT2D eigenvalue weighted by atomic mass is 10.2. The van der Waals surface area contributed by atoms with Crippen molar-refractivity contribution in [1.82, 2.24) is 10.3 Å². The lowest BCUT2D eigenvalue weighted by molar-refractivity contribution is 0.0936. The standard InChI is InChI=1S/C17H21N3O5S/c1-3-26(22,23)20-14-5-7-15(8-6-14)25-16-9-4-13(12-19-16)17(21)18-10-11-24-2/h4-9,12,20H,3,10-11H2,1-2H3,(H,18,21). The lowest BCUT2D eigenvalue weighted by Crippen LogP contribution is -2.26. The molecule has 2 N–H and O–H groups in total. The van der Waals surface area contributed by atoms with E-state index in [0.29, 0.717) is 36.0 Å². The maximum absolute atomic E-state index is 11.9. The van der Waals surface area contributed by atoms with E-state index < -0.39 is 10.0 Å². The van der Waals surface area contributed by atoms with Crippen LogP contribution in [0.2, 0.25) is 0 Å². The van der Waals surface area contributed by atoms with E-state index in [1.165, 1.54) is 6.20 Å². The van der Waals surface area contributed by atoms with E-state index >= 15 is 0 Å². The van der Waals surface area contributed by atoms with E-state index in [1.807, 2.05) is 0 Å². The van der Waals surface area contributed by atoms with Gasteiger partial charge in [-0.1, -0.05) is 0 Å². The average Bonchev–Trinajstić information content (AvgIpc) is 2.64. The van der Waals surface area contributed by atoms with Gasteiger partial charge in [0.15, 0.2) is 0 Å². The van der Waals surface area contributed by atoms with Crippen LogP contribution in [0.15, 0.2) is 42.6 Å². The Balaban J connectivity index is 1.95. The molecule has 1 heterocycles. The molecule has 26 heavy (non-hydrogen) atoms. The Bertz CT molecular complexity index is 820. The monoisotopic (exact) mass is 379 g/mol. The van der Waals surface area contributed by atoms with E-state index in [9.17, 15) is 13.2 Å². The van der Waals surface area contributed by atoms with E-state index in [4.69, 9.17) is 9.47 Å². The third-order valence-corrected chi connectivity index (χ3v) is 4.63. The van der Waals surface area contributed by atoms with Crippen LogP contribution in [0, 0.1) is 0 Å². The van der Waals surface area contributed by atoms with Crippen molar-refractivity contribution >= 4 is 21.6 Å². The number of pyridine rings is 1. The summed E-state index contributed by atoms with van der Waals surface area (Å²) in [5, 5.41) is 2.70. The predicted molar refractivity (Wildman–Crippen MR) is 98.0 cm³/mol. The molecule has 1 amide bonds. The SMILES string of the molecule is CCS(=O)(=O)Nc1ccc(Oc2ccc(C(=O)NCCOC)cn2)cc1. The molecule has 0 aliphatic rings. The molecule has 0 saturated heterocycles. The highest BCUT2D eigenvalue weighted by Crippen LogP contribution is 2.22. The molecule has 8 nitrogen and oxygen atoms in total. The largest absolute Gasteiger partial charge is 0.439 e. The molecule has 140 valence electrons. The third-order valence-electron chi connectivity index (χ3n) is 3.32. The molecule has 9 heteroatoms. The fourth-order valence-corrected chi connectivity index (χ4v) is 2.55. The van der Waals surface area contributed by atoms with Crippen molar-refractivity contribution in [2.75, 3.05) is 30.7 Å². The minimum absolute atomic E-state index is 0.000562. The molecule has 1 aromatic heterocycles. The molecule has 0 radical (unpaired) electrons. The molecule has 0 aliphatic heterocycles. The van der Waals surface area contributed by atoms with Crippen LogP contribution in [-0.2, 0) is 14.8 Å². The summed E-state index contributed by atoms with van der Waals surface area (Å²) in [4.78, 5) is 16.0. The molecule has 0 aliphatic carbocycles. The Morgan fingerprint density at radius 2 is 1.88 bits per heavy atom. The van der Waals surface area contributed by atoms with Gasteiger partial charge in [-0.3, -0.25) is 9.52 Å². The van der Waals surface area contributed by atoms with Gasteiger partial charge < -0.3 is 14.8 Å². The van der Waals surface area contributed by atoms with Gasteiger partial charge in [0.25, 0.3) is 5.91 Å². The normalized spacial score (nSPS) is 11.0. The van der Waals surface area contributed by atoms with Gasteiger partial charge in [-0.2, -0.15) is 0 Å². The number of sulfonamides is 1. The number of ether oxygens (including phenoxy) is 2. The zero-order chi connectivity index (χ0) is 19.0. The maximum Gasteiger partial charge on any atom is 0.252 e. The lowest BCUT2D eigenvalue weighted by Gasteiger charge is -2.08. The average molecular weight is 379 g/mol. The van der Waals surface area contributed by atoms with Crippen LogP contribution >= 0.6 is 0 Å². The van der Waals surface area contributed by atoms with Gasteiger partial charge in [-0.25, -0.2) is 13.4 Å². The molecule has 0 spiro atoms. The molecule has 2 aromatic rings. The Kier molecular flexibility index (Phi) is 6.93. The van der Waals surface area contributed by atoms with Gasteiger partial charge in [-0.05, 0) is 37.3 Å². The predicted octanol–water partition coefficient (Wildman–Crippen LogP) is 2.01. The first-order valence-corrected chi connectivity index (χ1v) is 9.60. The minimum Gasteiger partial charge on any atom is -0.439 e. The van der Waals surface area contributed by atoms with E-state index in [0.717, 1.165) is 0 Å². The molecular formula is C17H21N3O5S. The van der Waals surface area contributed by atoms with Crippen molar-refractivity contribution < 1.29 is 22.7 Å². The number of amides is 1. The summed E-state index contributed by atoms with van der Waals surface area (Å²) < 4.78 is 35.9. The molecule has 0 fully saturated rings. The molecule has 0 saturated carbocycles. The van der Waals surface area contributed by atoms with Gasteiger partial charge in [-0.15, -0.1) is 0 Å². The number of nitrogens with one attached hydrogen (secondary N) is 2. The highest BCUT2D eigenvalue weighted by Gasteiger charge is 2.08. The Morgan fingerprint density at radius 3 is 2.46 bits per heavy atom. The number of anilines is 1. The van der Waals surface area contributed by atoms with Gasteiger partial charge >= 0.3 is 0 Å². The van der Waals surface area contributed by atoms with Crippen molar-refractivity contribution in [1.29, 1.82) is 0 Å². The first-order valence-electron chi connectivity index (χ1n) is 7.95. The van der Waals surface area contributed by atoms with Crippen LogP contribution in [0.4, 0.5) is 5.69 Å². The van der Waals surface area contributed by atoms with Crippen LogP contribution in [0.3, 0.4) is 0 Å². The summed E-state index contributed by atoms with van der Waals surface area (Å²) in [7, 11) is -1.75. The van der Waals surface area contributed by atoms with Crippen molar-refractivity contribution in [3.05, 3.63) is 48.2 Å². The van der Waals surface area contributed by atoms with Gasteiger partial charge in [0.1, 0.15) is 5.75 Å². The second-order valence-corrected chi connectivity index (χ2v) is 7.28. The summed E-state index contributed by atoms with van der Waals surface area (Å²) >= 11 is 0. The fourth-order valence-electron chi connectivity index (χ4n) is 1.91. The van der Waals surface area contributed by atoms with E-state index in [2.05, 4.69) is 15.0 Å². The number of hydrogen-bond acceptors (Lipinski definition) is 6. The molecule has 0 atom stereocenters. The number of nitrogens with zero attached hydrogens (tertiary/aromatic N) is 1. The molecule has 2 rings (SSSR count). The highest BCUT2D eigenvalue weighted by molar-refractivity contribution is 7.92. The number of carbonyl (C=O) groups is 1. The Morgan fingerprint density at radius 1 is 1.15 bits per heavy atom. The van der Waals surface area contributed by atoms with Gasteiger partial charge in [0.05, 0.1) is 17.9 Å². The summed E-state index contributed by atoms with van der Waals surface area (Å²) in [6.07, 6.45) is 1.42. The zero-order valence-corrected chi connectivity index (χ0v) is 15.4. The van der Waals surface area contributed by atoms with Crippen LogP contribution < -0.4 is 14.8 Å². The Labute approximate surface area is 152 Å². The highest BCUT2D eigenvalue weighted by atomic mass is 32.2. The third kappa shape index (κ3) is 6.01. The van der Waals surface area contributed by atoms with Crippen molar-refractivity contribution in [3.63, 3.8) is 0 Å². The van der Waals surface area contributed by atoms with Crippen LogP contribution in [0.25, 0.3) is 0 Å². The van der Waals surface area contributed by atoms with Crippen molar-refractivity contribution in [2.24, 2.45) is 0 Å². The van der Waals surface area contributed by atoms with Gasteiger partial charge in [0.2, 0.25) is 15.9 Å². The summed E-state index contributed by atoms with van der Waals surface area (Å²) in [6, 6.07) is 9.63. The summed E-state index contributed by atoms with van der Waals surface area (Å²) in [5.74, 6) is 0.573. The quantitative estimate of drug-likeness (QED) is 0.646. The molecule has 0 bridgehead atoms. The van der Waals surface area contributed by atoms with Gasteiger partial charge in [0, 0.05) is 31.6 Å². The Hall–Kier alpha value is -2.65. The number of hydrogen-bond donors (Lipinski definition) is 2. The summed E-state index contributed by atoms with van der Waals surface area (Å²) in [5.41, 5.74) is 0.869. The first-order chi connectivity index (χ1) is 12.4. The van der Waals surface area contributed by atoms with Crippen LogP contribution in [0.1, 0.15) is 17.3 Å². The minimum atomic E-state index is -3.31. The smallest absolute Gasteiger partial charge is 0.252 e. The summed E-state index contributed by atoms with van der Waals surface area (Å²) in [6.45, 7) is 2.42. The number of rotatable bonds is 9. The number of carbonyl (C=O) groups excluding carboxylic acids is 1. The van der Waals surface area contributed by atoms with Crippen molar-refractivity contribution in [3.8, 4) is 11.6 Å². The number of methoxy groups -OCH3 is 1. The molecule has 1 aromatic carbocycles. The number of benzene rings is 1. The van der Waals surface area contributed by atoms with Crippen LogP contribution in [0.5, 0.6) is 11.6 Å². The zero-order valence-electron chi connectivity index (χ0n) is 14.6. The maximum atomic E-state index is 11.9. The second kappa shape index (κ2) is 9.16.